The third-order valence-electron chi connectivity index (χ3n) is 6.52. The average molecular weight is 519 g/mol. The molecule has 0 atom stereocenters. The lowest BCUT2D eigenvalue weighted by Gasteiger charge is -2.26. The molecule has 0 aromatic rings. The van der Waals surface area contributed by atoms with E-state index in [1.54, 1.807) is 0 Å². The molecule has 0 aliphatic rings. The maximum absolute atomic E-state index is 11.6. The van der Waals surface area contributed by atoms with Crippen LogP contribution in [0.25, 0.3) is 0 Å². The van der Waals surface area contributed by atoms with Gasteiger partial charge in [0.15, 0.2) is 0 Å². The van der Waals surface area contributed by atoms with Crippen LogP contribution in [0.4, 0.5) is 0 Å². The molecular formula is C29H58O7. The first-order valence-electron chi connectivity index (χ1n) is 14.6. The normalized spacial score (nSPS) is 11.1. The van der Waals surface area contributed by atoms with Crippen LogP contribution in [0.3, 0.4) is 0 Å². The van der Waals surface area contributed by atoms with E-state index in [4.69, 9.17) is 25.2 Å². The van der Waals surface area contributed by atoms with Gasteiger partial charge in [0.2, 0.25) is 0 Å². The minimum Gasteiger partial charge on any atom is -0.481 e. The van der Waals surface area contributed by atoms with Crippen LogP contribution in [0.15, 0.2) is 0 Å². The van der Waals surface area contributed by atoms with E-state index in [9.17, 15) is 9.59 Å². The van der Waals surface area contributed by atoms with Crippen LogP contribution in [0.1, 0.15) is 142 Å². The van der Waals surface area contributed by atoms with Crippen LogP contribution < -0.4 is 0 Å². The fourth-order valence-electron chi connectivity index (χ4n) is 3.76. The van der Waals surface area contributed by atoms with Crippen LogP contribution in [0.5, 0.6) is 0 Å². The molecule has 0 heterocycles. The van der Waals surface area contributed by atoms with E-state index >= 15 is 0 Å². The van der Waals surface area contributed by atoms with Gasteiger partial charge >= 0.3 is 11.9 Å². The summed E-state index contributed by atoms with van der Waals surface area (Å²) in [6.07, 6.45) is 22.5. The molecule has 0 radical (unpaired) electrons. The molecule has 36 heavy (non-hydrogen) atoms. The Labute approximate surface area is 221 Å². The first kappa shape index (κ1) is 37.0. The Kier molecular flexibility index (Phi) is 29.2. The van der Waals surface area contributed by atoms with Gasteiger partial charge in [0.05, 0.1) is 25.2 Å². The van der Waals surface area contributed by atoms with E-state index in [-0.39, 0.29) is 12.6 Å². The van der Waals surface area contributed by atoms with Gasteiger partial charge in [-0.25, -0.2) is 0 Å². The van der Waals surface area contributed by atoms with Crippen LogP contribution in [-0.4, -0.2) is 58.8 Å². The van der Waals surface area contributed by atoms with E-state index in [1.165, 1.54) is 83.5 Å². The Balaban J connectivity index is 0. The molecule has 0 amide bonds. The Morgan fingerprint density at radius 1 is 0.556 bits per heavy atom. The molecule has 0 spiro atoms. The Morgan fingerprint density at radius 2 is 0.889 bits per heavy atom. The summed E-state index contributed by atoms with van der Waals surface area (Å²) in [6, 6.07) is 0. The summed E-state index contributed by atoms with van der Waals surface area (Å²) in [6.45, 7) is 3.06. The summed E-state index contributed by atoms with van der Waals surface area (Å²) in [4.78, 5) is 21.8. The summed E-state index contributed by atoms with van der Waals surface area (Å²) in [5, 5.41) is 35.8. The number of aliphatic hydroxyl groups is 3. The van der Waals surface area contributed by atoms with Crippen molar-refractivity contribution in [1.82, 2.24) is 0 Å². The van der Waals surface area contributed by atoms with Crippen molar-refractivity contribution in [2.75, 3.05) is 26.4 Å². The molecule has 0 aliphatic heterocycles. The SMILES string of the molecule is CCCCCCCCCCCC(=O)O.CCCCCCCCCCCC(=O)OCC(CO)(CO)CO. The first-order chi connectivity index (χ1) is 17.4. The number of hydrogen-bond donors (Lipinski definition) is 4. The molecule has 7 nitrogen and oxygen atoms in total. The predicted molar refractivity (Wildman–Crippen MR) is 146 cm³/mol. The van der Waals surface area contributed by atoms with Gasteiger partial charge in [0.1, 0.15) is 6.61 Å². The van der Waals surface area contributed by atoms with Gasteiger partial charge in [-0.15, -0.1) is 0 Å². The zero-order chi connectivity index (χ0) is 27.3. The Bertz CT molecular complexity index is 470. The molecule has 4 N–H and O–H groups in total. The highest BCUT2D eigenvalue weighted by atomic mass is 16.5. The number of esters is 1. The molecule has 0 fully saturated rings. The molecule has 0 aliphatic carbocycles. The van der Waals surface area contributed by atoms with E-state index in [2.05, 4.69) is 13.8 Å². The summed E-state index contributed by atoms with van der Waals surface area (Å²) >= 11 is 0. The maximum Gasteiger partial charge on any atom is 0.305 e. The highest BCUT2D eigenvalue weighted by molar-refractivity contribution is 5.69. The van der Waals surface area contributed by atoms with Crippen LogP contribution in [-0.2, 0) is 14.3 Å². The number of ether oxygens (including phenoxy) is 1. The summed E-state index contributed by atoms with van der Waals surface area (Å²) in [7, 11) is 0. The lowest BCUT2D eigenvalue weighted by molar-refractivity contribution is -0.151. The number of carboxylic acid groups (broad SMARTS) is 1. The van der Waals surface area contributed by atoms with Gasteiger partial charge in [-0.3, -0.25) is 9.59 Å². The van der Waals surface area contributed by atoms with Crippen molar-refractivity contribution in [2.24, 2.45) is 5.41 Å². The molecule has 0 rings (SSSR count). The Morgan fingerprint density at radius 3 is 1.22 bits per heavy atom. The molecule has 0 saturated heterocycles. The summed E-state index contributed by atoms with van der Waals surface area (Å²) in [5.41, 5.74) is -1.13. The lowest BCUT2D eigenvalue weighted by Crippen LogP contribution is -2.39. The second kappa shape index (κ2) is 28.4. The predicted octanol–water partition coefficient (Wildman–Crippen LogP) is 6.41. The van der Waals surface area contributed by atoms with E-state index in [1.807, 2.05) is 0 Å². The molecule has 216 valence electrons. The highest BCUT2D eigenvalue weighted by Gasteiger charge is 2.30. The number of aliphatic hydroxyl groups excluding tert-OH is 3. The standard InChI is InChI=1S/C17H34O5.C12H24O2/c1-2-3-4-5-6-7-8-9-10-11-16(21)22-15-17(12-18,13-19)14-20;1-2-3-4-5-6-7-8-9-10-11-12(13)14/h18-20H,2-15H2,1H3;2-11H2,1H3,(H,13,14). The third kappa shape index (κ3) is 25.9. The van der Waals surface area contributed by atoms with E-state index in [0.29, 0.717) is 12.8 Å². The number of rotatable bonds is 25. The minimum absolute atomic E-state index is 0.146. The molecule has 0 saturated carbocycles. The third-order valence-corrected chi connectivity index (χ3v) is 6.52. The number of unbranched alkanes of at least 4 members (excludes halogenated alkanes) is 16. The zero-order valence-corrected chi connectivity index (χ0v) is 23.5. The van der Waals surface area contributed by atoms with Crippen molar-refractivity contribution in [2.45, 2.75) is 142 Å². The van der Waals surface area contributed by atoms with Crippen LogP contribution in [0, 0.1) is 5.41 Å². The number of carbonyl (C=O) groups is 2. The molecule has 0 aromatic heterocycles. The van der Waals surface area contributed by atoms with E-state index < -0.39 is 31.2 Å². The van der Waals surface area contributed by atoms with Crippen molar-refractivity contribution >= 4 is 11.9 Å². The number of carbonyl (C=O) groups excluding carboxylic acids is 1. The zero-order valence-electron chi connectivity index (χ0n) is 23.5. The van der Waals surface area contributed by atoms with Gasteiger partial charge in [-0.2, -0.15) is 0 Å². The fraction of sp³-hybridized carbons (Fsp3) is 0.931. The average Bonchev–Trinajstić information content (AvgIpc) is 2.88. The number of aliphatic carboxylic acids is 1. The molecule has 0 unspecified atom stereocenters. The fourth-order valence-corrected chi connectivity index (χ4v) is 3.76. The van der Waals surface area contributed by atoms with Crippen LogP contribution >= 0.6 is 0 Å². The minimum atomic E-state index is -1.13. The lowest BCUT2D eigenvalue weighted by atomic mass is 9.93. The monoisotopic (exact) mass is 518 g/mol. The maximum atomic E-state index is 11.6. The van der Waals surface area contributed by atoms with Gasteiger partial charge < -0.3 is 25.2 Å². The number of hydrogen-bond acceptors (Lipinski definition) is 6. The summed E-state index contributed by atoms with van der Waals surface area (Å²) < 4.78 is 5.03. The van der Waals surface area contributed by atoms with Gasteiger partial charge in [0.25, 0.3) is 0 Å². The Hall–Kier alpha value is -1.18. The molecule has 0 aromatic carbocycles. The van der Waals surface area contributed by atoms with Gasteiger partial charge in [-0.05, 0) is 12.8 Å². The topological polar surface area (TPSA) is 124 Å². The van der Waals surface area contributed by atoms with Gasteiger partial charge in [-0.1, -0.05) is 117 Å². The van der Waals surface area contributed by atoms with E-state index in [0.717, 1.165) is 32.1 Å². The quantitative estimate of drug-likeness (QED) is 0.0813. The summed E-state index contributed by atoms with van der Waals surface area (Å²) in [5.74, 6) is -0.990. The molecule has 0 bridgehead atoms. The second-order valence-corrected chi connectivity index (χ2v) is 10.2. The van der Waals surface area contributed by atoms with Crippen molar-refractivity contribution in [1.29, 1.82) is 0 Å². The smallest absolute Gasteiger partial charge is 0.305 e. The first-order valence-corrected chi connectivity index (χ1v) is 14.6. The largest absolute Gasteiger partial charge is 0.481 e. The van der Waals surface area contributed by atoms with Crippen LogP contribution in [0.2, 0.25) is 0 Å². The number of carboxylic acids is 1. The molecule has 7 heteroatoms. The van der Waals surface area contributed by atoms with Crippen molar-refractivity contribution in [3.63, 3.8) is 0 Å². The van der Waals surface area contributed by atoms with Gasteiger partial charge in [0, 0.05) is 12.8 Å². The van der Waals surface area contributed by atoms with Crippen molar-refractivity contribution < 1.29 is 34.8 Å². The van der Waals surface area contributed by atoms with Crippen molar-refractivity contribution in [3.05, 3.63) is 0 Å². The molecular weight excluding hydrogens is 460 g/mol. The second-order valence-electron chi connectivity index (χ2n) is 10.2. The highest BCUT2D eigenvalue weighted by Crippen LogP contribution is 2.16. The van der Waals surface area contributed by atoms with Crippen molar-refractivity contribution in [3.8, 4) is 0 Å².